The fourth-order valence-corrected chi connectivity index (χ4v) is 2.61. The molecule has 0 aliphatic carbocycles. The molecule has 18 heavy (non-hydrogen) atoms. The van der Waals surface area contributed by atoms with E-state index in [1.165, 1.54) is 20.0 Å². The lowest BCUT2D eigenvalue weighted by molar-refractivity contribution is -0.153. The van der Waals surface area contributed by atoms with E-state index in [1.54, 1.807) is 0 Å². The highest BCUT2D eigenvalue weighted by Gasteiger charge is 2.31. The van der Waals surface area contributed by atoms with Gasteiger partial charge in [0.05, 0.1) is 20.3 Å². The van der Waals surface area contributed by atoms with Gasteiger partial charge >= 0.3 is 5.97 Å². The molecule has 0 spiro atoms. The summed E-state index contributed by atoms with van der Waals surface area (Å²) in [7, 11) is 1.44. The standard InChI is InChI=1S/C12H22N2O3.ClH/c1-16-12(15)11-9-17-7-6-14(11)8-10-2-4-13-5-3-10;/h10-11,13H,2-9H2,1H3;1H. The predicted molar refractivity (Wildman–Crippen MR) is 71.0 cm³/mol. The van der Waals surface area contributed by atoms with Gasteiger partial charge in [0.25, 0.3) is 0 Å². The minimum Gasteiger partial charge on any atom is -0.468 e. The summed E-state index contributed by atoms with van der Waals surface area (Å²) < 4.78 is 10.2. The Labute approximate surface area is 115 Å². The lowest BCUT2D eigenvalue weighted by atomic mass is 9.96. The molecule has 106 valence electrons. The van der Waals surface area contributed by atoms with Crippen molar-refractivity contribution in [3.05, 3.63) is 0 Å². The van der Waals surface area contributed by atoms with E-state index in [-0.39, 0.29) is 24.4 Å². The van der Waals surface area contributed by atoms with Gasteiger partial charge in [0, 0.05) is 13.1 Å². The van der Waals surface area contributed by atoms with E-state index >= 15 is 0 Å². The number of ether oxygens (including phenoxy) is 2. The number of nitrogens with zero attached hydrogens (tertiary/aromatic N) is 1. The molecule has 0 radical (unpaired) electrons. The van der Waals surface area contributed by atoms with Crippen LogP contribution in [0.5, 0.6) is 0 Å². The lowest BCUT2D eigenvalue weighted by Crippen LogP contribution is -2.52. The zero-order chi connectivity index (χ0) is 12.1. The summed E-state index contributed by atoms with van der Waals surface area (Å²) in [6.45, 7) is 5.21. The average Bonchev–Trinajstić information content (AvgIpc) is 2.40. The number of rotatable bonds is 3. The van der Waals surface area contributed by atoms with E-state index < -0.39 is 0 Å². The Hall–Kier alpha value is -0.360. The minimum atomic E-state index is -0.205. The van der Waals surface area contributed by atoms with Crippen LogP contribution in [0, 0.1) is 5.92 Å². The number of halogens is 1. The van der Waals surface area contributed by atoms with Crippen molar-refractivity contribution in [1.29, 1.82) is 0 Å². The fraction of sp³-hybridized carbons (Fsp3) is 0.917. The van der Waals surface area contributed by atoms with Gasteiger partial charge < -0.3 is 14.8 Å². The predicted octanol–water partition coefficient (Wildman–Crippen LogP) is 0.282. The topological polar surface area (TPSA) is 50.8 Å². The van der Waals surface area contributed by atoms with Crippen molar-refractivity contribution in [2.45, 2.75) is 18.9 Å². The Balaban J connectivity index is 0.00000162. The maximum Gasteiger partial charge on any atom is 0.325 e. The second-order valence-corrected chi connectivity index (χ2v) is 4.80. The van der Waals surface area contributed by atoms with E-state index in [1.807, 2.05) is 0 Å². The van der Waals surface area contributed by atoms with Crippen molar-refractivity contribution in [3.8, 4) is 0 Å². The molecule has 5 nitrogen and oxygen atoms in total. The van der Waals surface area contributed by atoms with Crippen LogP contribution in [0.2, 0.25) is 0 Å². The third-order valence-corrected chi connectivity index (χ3v) is 3.66. The highest BCUT2D eigenvalue weighted by molar-refractivity contribution is 5.85. The first kappa shape index (κ1) is 15.7. The molecule has 2 rings (SSSR count). The van der Waals surface area contributed by atoms with E-state index in [0.717, 1.165) is 32.8 Å². The van der Waals surface area contributed by atoms with Crippen molar-refractivity contribution in [3.63, 3.8) is 0 Å². The first-order valence-electron chi connectivity index (χ1n) is 6.41. The van der Waals surface area contributed by atoms with Crippen LogP contribution in [-0.2, 0) is 14.3 Å². The zero-order valence-electron chi connectivity index (χ0n) is 10.9. The molecule has 0 aromatic carbocycles. The van der Waals surface area contributed by atoms with Crippen LogP contribution in [0.3, 0.4) is 0 Å². The molecular formula is C12H23ClN2O3. The molecule has 6 heteroatoms. The monoisotopic (exact) mass is 278 g/mol. The molecule has 0 saturated carbocycles. The van der Waals surface area contributed by atoms with Crippen LogP contribution in [0.4, 0.5) is 0 Å². The highest BCUT2D eigenvalue weighted by atomic mass is 35.5. The number of methoxy groups -OCH3 is 1. The summed E-state index contributed by atoms with van der Waals surface area (Å²) in [6.07, 6.45) is 2.40. The molecule has 2 saturated heterocycles. The van der Waals surface area contributed by atoms with Crippen LogP contribution in [-0.4, -0.2) is 63.4 Å². The van der Waals surface area contributed by atoms with Gasteiger partial charge in [-0.2, -0.15) is 0 Å². The normalized spacial score (nSPS) is 26.4. The summed E-state index contributed by atoms with van der Waals surface area (Å²) >= 11 is 0. The number of hydrogen-bond acceptors (Lipinski definition) is 5. The van der Waals surface area contributed by atoms with Gasteiger partial charge in [-0.3, -0.25) is 9.69 Å². The summed E-state index contributed by atoms with van der Waals surface area (Å²) in [5, 5.41) is 3.36. The van der Waals surface area contributed by atoms with Crippen LogP contribution in [0.1, 0.15) is 12.8 Å². The molecule has 1 N–H and O–H groups in total. The Morgan fingerprint density at radius 1 is 1.44 bits per heavy atom. The molecule has 2 aliphatic rings. The number of piperidine rings is 1. The molecule has 2 heterocycles. The number of morpholine rings is 1. The molecule has 2 aliphatic heterocycles. The maximum absolute atomic E-state index is 11.7. The quantitative estimate of drug-likeness (QED) is 0.752. The van der Waals surface area contributed by atoms with E-state index in [2.05, 4.69) is 10.2 Å². The van der Waals surface area contributed by atoms with E-state index in [9.17, 15) is 4.79 Å². The smallest absolute Gasteiger partial charge is 0.325 e. The summed E-state index contributed by atoms with van der Waals surface area (Å²) in [6, 6.07) is -0.205. The number of carbonyl (C=O) groups is 1. The average molecular weight is 279 g/mol. The summed E-state index contributed by atoms with van der Waals surface area (Å²) in [5.41, 5.74) is 0. The Morgan fingerprint density at radius 3 is 2.83 bits per heavy atom. The Morgan fingerprint density at radius 2 is 2.17 bits per heavy atom. The van der Waals surface area contributed by atoms with Gasteiger partial charge in [0.1, 0.15) is 6.04 Å². The van der Waals surface area contributed by atoms with E-state index in [4.69, 9.17) is 9.47 Å². The molecule has 0 aromatic rings. The first-order valence-corrected chi connectivity index (χ1v) is 6.41. The van der Waals surface area contributed by atoms with Crippen molar-refractivity contribution in [1.82, 2.24) is 10.2 Å². The van der Waals surface area contributed by atoms with Crippen LogP contribution >= 0.6 is 12.4 Å². The fourth-order valence-electron chi connectivity index (χ4n) is 2.61. The largest absolute Gasteiger partial charge is 0.468 e. The van der Waals surface area contributed by atoms with Crippen LogP contribution in [0.25, 0.3) is 0 Å². The maximum atomic E-state index is 11.7. The van der Waals surface area contributed by atoms with Gasteiger partial charge in [-0.15, -0.1) is 12.4 Å². The molecule has 2 fully saturated rings. The lowest BCUT2D eigenvalue weighted by Gasteiger charge is -2.37. The molecular weight excluding hydrogens is 256 g/mol. The summed E-state index contributed by atoms with van der Waals surface area (Å²) in [4.78, 5) is 13.9. The first-order chi connectivity index (χ1) is 8.31. The van der Waals surface area contributed by atoms with Gasteiger partial charge in [-0.05, 0) is 31.8 Å². The van der Waals surface area contributed by atoms with Crippen molar-refractivity contribution >= 4 is 18.4 Å². The number of nitrogens with one attached hydrogen (secondary N) is 1. The second kappa shape index (κ2) is 7.94. The molecule has 0 amide bonds. The number of hydrogen-bond donors (Lipinski definition) is 1. The molecule has 1 atom stereocenters. The molecule has 0 bridgehead atoms. The van der Waals surface area contributed by atoms with Crippen LogP contribution < -0.4 is 5.32 Å². The Kier molecular flexibility index (Phi) is 6.92. The third kappa shape index (κ3) is 4.09. The van der Waals surface area contributed by atoms with Crippen molar-refractivity contribution in [2.75, 3.05) is 46.5 Å². The van der Waals surface area contributed by atoms with E-state index in [0.29, 0.717) is 12.5 Å². The van der Waals surface area contributed by atoms with Gasteiger partial charge in [0.2, 0.25) is 0 Å². The summed E-state index contributed by atoms with van der Waals surface area (Å²) in [5.74, 6) is 0.528. The third-order valence-electron chi connectivity index (χ3n) is 3.66. The number of carbonyl (C=O) groups excluding carboxylic acids is 1. The SMILES string of the molecule is COC(=O)C1COCCN1CC1CCNCC1.Cl. The molecule has 1 unspecified atom stereocenters. The van der Waals surface area contributed by atoms with Crippen molar-refractivity contribution < 1.29 is 14.3 Å². The van der Waals surface area contributed by atoms with Gasteiger partial charge in [-0.25, -0.2) is 0 Å². The van der Waals surface area contributed by atoms with Gasteiger partial charge in [-0.1, -0.05) is 0 Å². The van der Waals surface area contributed by atoms with Gasteiger partial charge in [0.15, 0.2) is 0 Å². The minimum absolute atomic E-state index is 0. The van der Waals surface area contributed by atoms with Crippen LogP contribution in [0.15, 0.2) is 0 Å². The Bertz CT molecular complexity index is 260. The van der Waals surface area contributed by atoms with Crippen molar-refractivity contribution in [2.24, 2.45) is 5.92 Å². The zero-order valence-corrected chi connectivity index (χ0v) is 11.7. The second-order valence-electron chi connectivity index (χ2n) is 4.80. The molecule has 0 aromatic heterocycles. The highest BCUT2D eigenvalue weighted by Crippen LogP contribution is 2.17. The number of esters is 1.